The lowest BCUT2D eigenvalue weighted by Gasteiger charge is -2.39. The Bertz CT molecular complexity index is 661. The maximum Gasteiger partial charge on any atom is 0.108 e. The standard InChI is InChI=1S/C24H33ClN2O/c1-2-3-18-28-20-23(24(25)26-16-10-11-17-26)27(22-14-8-5-9-15-22)19-21-12-6-4-7-13-21/h4-9,12-15,23-24H,2-3,10-11,16-20H2,1H3. The van der Waals surface area contributed by atoms with Crippen LogP contribution < -0.4 is 4.90 Å². The molecule has 3 nitrogen and oxygen atoms in total. The monoisotopic (exact) mass is 400 g/mol. The molecule has 1 aliphatic rings. The van der Waals surface area contributed by atoms with Crippen molar-refractivity contribution in [2.45, 2.75) is 50.7 Å². The number of anilines is 1. The average molecular weight is 401 g/mol. The van der Waals surface area contributed by atoms with Gasteiger partial charge in [0.15, 0.2) is 0 Å². The highest BCUT2D eigenvalue weighted by Crippen LogP contribution is 2.27. The second-order valence-electron chi connectivity index (χ2n) is 7.56. The largest absolute Gasteiger partial charge is 0.379 e. The number of likely N-dealkylation sites (tertiary alicyclic amines) is 1. The van der Waals surface area contributed by atoms with Crippen LogP contribution in [0.4, 0.5) is 5.69 Å². The van der Waals surface area contributed by atoms with Crippen LogP contribution >= 0.6 is 11.6 Å². The Kier molecular flexibility index (Phi) is 8.66. The van der Waals surface area contributed by atoms with Gasteiger partial charge in [-0.3, -0.25) is 4.90 Å². The molecule has 0 aliphatic carbocycles. The van der Waals surface area contributed by atoms with E-state index < -0.39 is 0 Å². The number of unbranched alkanes of at least 4 members (excludes halogenated alkanes) is 1. The summed E-state index contributed by atoms with van der Waals surface area (Å²) in [4.78, 5) is 4.84. The van der Waals surface area contributed by atoms with Crippen molar-refractivity contribution in [3.8, 4) is 0 Å². The normalized spacial score (nSPS) is 16.8. The highest BCUT2D eigenvalue weighted by atomic mass is 35.5. The van der Waals surface area contributed by atoms with Crippen molar-refractivity contribution in [2.75, 3.05) is 31.2 Å². The molecule has 2 unspecified atom stereocenters. The highest BCUT2D eigenvalue weighted by Gasteiger charge is 2.32. The van der Waals surface area contributed by atoms with E-state index in [2.05, 4.69) is 77.4 Å². The number of alkyl halides is 1. The van der Waals surface area contributed by atoms with Crippen LogP contribution in [0.25, 0.3) is 0 Å². The second kappa shape index (κ2) is 11.5. The first-order valence-electron chi connectivity index (χ1n) is 10.6. The van der Waals surface area contributed by atoms with Crippen molar-refractivity contribution < 1.29 is 4.74 Å². The van der Waals surface area contributed by atoms with E-state index in [-0.39, 0.29) is 11.5 Å². The molecule has 4 heteroatoms. The van der Waals surface area contributed by atoms with Crippen molar-refractivity contribution >= 4 is 17.3 Å². The minimum absolute atomic E-state index is 0.0620. The van der Waals surface area contributed by atoms with Crippen LogP contribution in [0.5, 0.6) is 0 Å². The van der Waals surface area contributed by atoms with Crippen LogP contribution in [0.15, 0.2) is 60.7 Å². The zero-order valence-corrected chi connectivity index (χ0v) is 17.7. The Labute approximate surface area is 175 Å². The van der Waals surface area contributed by atoms with Gasteiger partial charge >= 0.3 is 0 Å². The molecule has 0 aromatic heterocycles. The van der Waals surface area contributed by atoms with E-state index in [1.807, 2.05) is 0 Å². The molecular weight excluding hydrogens is 368 g/mol. The Balaban J connectivity index is 1.84. The van der Waals surface area contributed by atoms with E-state index in [0.717, 1.165) is 39.1 Å². The molecule has 0 radical (unpaired) electrons. The summed E-state index contributed by atoms with van der Waals surface area (Å²) in [7, 11) is 0. The number of rotatable bonds is 11. The number of halogens is 1. The van der Waals surface area contributed by atoms with E-state index >= 15 is 0 Å². The first-order chi connectivity index (χ1) is 13.8. The molecule has 1 heterocycles. The van der Waals surface area contributed by atoms with Gasteiger partial charge in [0.1, 0.15) is 5.50 Å². The Morgan fingerprint density at radius 1 is 1.00 bits per heavy atom. The third kappa shape index (κ3) is 5.97. The quantitative estimate of drug-likeness (QED) is 0.280. The van der Waals surface area contributed by atoms with Crippen LogP contribution in [-0.4, -0.2) is 42.7 Å². The summed E-state index contributed by atoms with van der Waals surface area (Å²) in [6.07, 6.45) is 4.70. The molecule has 3 rings (SSSR count). The average Bonchev–Trinajstić information content (AvgIpc) is 3.28. The third-order valence-corrected chi connectivity index (χ3v) is 5.99. The van der Waals surface area contributed by atoms with Crippen LogP contribution in [0.3, 0.4) is 0 Å². The van der Waals surface area contributed by atoms with Crippen LogP contribution in [0.2, 0.25) is 0 Å². The lowest BCUT2D eigenvalue weighted by atomic mass is 10.1. The van der Waals surface area contributed by atoms with Crippen LogP contribution in [0, 0.1) is 0 Å². The van der Waals surface area contributed by atoms with E-state index in [1.165, 1.54) is 24.1 Å². The van der Waals surface area contributed by atoms with E-state index in [1.54, 1.807) is 0 Å². The summed E-state index contributed by atoms with van der Waals surface area (Å²) >= 11 is 7.08. The molecule has 0 amide bonds. The van der Waals surface area contributed by atoms with E-state index in [9.17, 15) is 0 Å². The van der Waals surface area contributed by atoms with Gasteiger partial charge in [-0.1, -0.05) is 61.9 Å². The molecule has 0 bridgehead atoms. The Morgan fingerprint density at radius 3 is 2.29 bits per heavy atom. The molecule has 2 aromatic carbocycles. The number of hydrogen-bond donors (Lipinski definition) is 0. The smallest absolute Gasteiger partial charge is 0.108 e. The number of hydrogen-bond acceptors (Lipinski definition) is 3. The number of para-hydroxylation sites is 1. The summed E-state index contributed by atoms with van der Waals surface area (Å²) in [5.41, 5.74) is 2.42. The molecule has 0 N–H and O–H groups in total. The van der Waals surface area contributed by atoms with E-state index in [4.69, 9.17) is 16.3 Å². The SMILES string of the molecule is CCCCOCC(C(Cl)N1CCCC1)N(Cc1ccccc1)c1ccccc1. The lowest BCUT2D eigenvalue weighted by Crippen LogP contribution is -2.51. The fraction of sp³-hybridized carbons (Fsp3) is 0.500. The van der Waals surface area contributed by atoms with Crippen molar-refractivity contribution in [1.29, 1.82) is 0 Å². The molecule has 28 heavy (non-hydrogen) atoms. The fourth-order valence-electron chi connectivity index (χ4n) is 3.80. The third-order valence-electron chi connectivity index (χ3n) is 5.42. The fourth-order valence-corrected chi connectivity index (χ4v) is 4.20. The summed E-state index contributed by atoms with van der Waals surface area (Å²) in [5, 5.41) is 0. The van der Waals surface area contributed by atoms with Gasteiger partial charge in [0, 0.05) is 18.8 Å². The van der Waals surface area contributed by atoms with Gasteiger partial charge < -0.3 is 9.64 Å². The molecule has 2 aromatic rings. The molecule has 0 spiro atoms. The number of nitrogens with zero attached hydrogens (tertiary/aromatic N) is 2. The topological polar surface area (TPSA) is 15.7 Å². The van der Waals surface area contributed by atoms with Crippen molar-refractivity contribution in [1.82, 2.24) is 4.90 Å². The molecule has 1 fully saturated rings. The molecule has 0 saturated carbocycles. The minimum Gasteiger partial charge on any atom is -0.379 e. The second-order valence-corrected chi connectivity index (χ2v) is 8.01. The molecule has 1 saturated heterocycles. The predicted molar refractivity (Wildman–Crippen MR) is 119 cm³/mol. The van der Waals surface area contributed by atoms with Crippen molar-refractivity contribution in [3.63, 3.8) is 0 Å². The molecule has 152 valence electrons. The summed E-state index contributed by atoms with van der Waals surface area (Å²) in [6, 6.07) is 21.3. The lowest BCUT2D eigenvalue weighted by molar-refractivity contribution is 0.0981. The zero-order valence-electron chi connectivity index (χ0n) is 17.0. The first kappa shape index (κ1) is 21.2. The summed E-state index contributed by atoms with van der Waals surface area (Å²) < 4.78 is 6.10. The maximum atomic E-state index is 7.08. The number of ether oxygens (including phenoxy) is 1. The first-order valence-corrected chi connectivity index (χ1v) is 11.0. The van der Waals surface area contributed by atoms with E-state index in [0.29, 0.717) is 6.61 Å². The molecule has 2 atom stereocenters. The van der Waals surface area contributed by atoms with Crippen LogP contribution in [0.1, 0.15) is 38.2 Å². The van der Waals surface area contributed by atoms with Crippen molar-refractivity contribution in [3.05, 3.63) is 66.2 Å². The van der Waals surface area contributed by atoms with Crippen molar-refractivity contribution in [2.24, 2.45) is 0 Å². The van der Waals surface area contributed by atoms with Gasteiger partial charge in [0.2, 0.25) is 0 Å². The van der Waals surface area contributed by atoms with Gasteiger partial charge in [-0.2, -0.15) is 0 Å². The predicted octanol–water partition coefficient (Wildman–Crippen LogP) is 5.54. The maximum absolute atomic E-state index is 7.08. The van der Waals surface area contributed by atoms with Gasteiger partial charge in [0.25, 0.3) is 0 Å². The van der Waals surface area contributed by atoms with Gasteiger partial charge in [-0.15, -0.1) is 11.6 Å². The Hall–Kier alpha value is -1.55. The highest BCUT2D eigenvalue weighted by molar-refractivity contribution is 6.21. The van der Waals surface area contributed by atoms with Gasteiger partial charge in [0.05, 0.1) is 12.6 Å². The summed E-state index contributed by atoms with van der Waals surface area (Å²) in [5.74, 6) is 0. The Morgan fingerprint density at radius 2 is 1.64 bits per heavy atom. The minimum atomic E-state index is -0.0620. The van der Waals surface area contributed by atoms with Crippen LogP contribution in [-0.2, 0) is 11.3 Å². The number of benzene rings is 2. The molecular formula is C24H33ClN2O. The van der Waals surface area contributed by atoms with Gasteiger partial charge in [-0.25, -0.2) is 0 Å². The van der Waals surface area contributed by atoms with Gasteiger partial charge in [-0.05, 0) is 50.0 Å². The summed E-state index contributed by atoms with van der Waals surface area (Å²) in [6.45, 7) is 6.61. The molecule has 1 aliphatic heterocycles. The zero-order chi connectivity index (χ0) is 19.6.